The van der Waals surface area contributed by atoms with Crippen LogP contribution in [0.15, 0.2) is 46.9 Å². The van der Waals surface area contributed by atoms with Crippen molar-refractivity contribution in [3.8, 4) is 5.75 Å². The summed E-state index contributed by atoms with van der Waals surface area (Å²) in [5.41, 5.74) is 2.58. The van der Waals surface area contributed by atoms with Gasteiger partial charge in [0.2, 0.25) is 0 Å². The molecule has 7 heteroatoms. The Bertz CT molecular complexity index is 946. The molecule has 178 valence electrons. The number of ether oxygens (including phenoxy) is 1. The number of halogens is 1. The SMILES string of the molecule is CCCN1CCN(CCOc2cc(C(=O)N3CC[C@H](C)Nc4ccccc43)ccc2Br)CC1. The van der Waals surface area contributed by atoms with Gasteiger partial charge in [0.25, 0.3) is 5.91 Å². The molecule has 1 fully saturated rings. The van der Waals surface area contributed by atoms with Crippen LogP contribution in [0, 0.1) is 0 Å². The standard InChI is InChI=1S/C26H35BrN4O2/c1-3-11-29-13-15-30(16-14-29)17-18-33-25-19-21(8-9-22(25)27)26(32)31-12-10-20(2)28-23-6-4-5-7-24(23)31/h4-9,19-20,28H,3,10-18H2,1-2H3/t20-/m0/s1. The zero-order valence-corrected chi connectivity index (χ0v) is 21.3. The van der Waals surface area contributed by atoms with Crippen LogP contribution in [0.1, 0.15) is 37.0 Å². The lowest BCUT2D eigenvalue weighted by atomic mass is 10.1. The Balaban J connectivity index is 1.39. The number of benzene rings is 2. The van der Waals surface area contributed by atoms with Crippen LogP contribution in [-0.2, 0) is 0 Å². The molecule has 0 unspecified atom stereocenters. The number of anilines is 2. The Kier molecular flexibility index (Phi) is 8.28. The third-order valence-corrected chi connectivity index (χ3v) is 7.13. The summed E-state index contributed by atoms with van der Waals surface area (Å²) < 4.78 is 6.99. The summed E-state index contributed by atoms with van der Waals surface area (Å²) in [6.45, 7) is 12.2. The molecule has 1 N–H and O–H groups in total. The Hall–Kier alpha value is -2.09. The highest BCUT2D eigenvalue weighted by molar-refractivity contribution is 9.10. The van der Waals surface area contributed by atoms with Gasteiger partial charge in [-0.15, -0.1) is 0 Å². The van der Waals surface area contributed by atoms with Crippen LogP contribution in [0.3, 0.4) is 0 Å². The molecule has 1 saturated heterocycles. The molecular weight excluding hydrogens is 480 g/mol. The van der Waals surface area contributed by atoms with Crippen molar-refractivity contribution in [2.75, 3.05) is 62.6 Å². The van der Waals surface area contributed by atoms with Gasteiger partial charge in [0, 0.05) is 50.9 Å². The fourth-order valence-corrected chi connectivity index (χ4v) is 4.92. The summed E-state index contributed by atoms with van der Waals surface area (Å²) in [6, 6.07) is 14.0. The lowest BCUT2D eigenvalue weighted by molar-refractivity contribution is 0.0986. The first kappa shape index (κ1) is 24.0. The molecule has 2 heterocycles. The largest absolute Gasteiger partial charge is 0.491 e. The molecule has 1 amide bonds. The number of hydrogen-bond donors (Lipinski definition) is 1. The average Bonchev–Trinajstić information content (AvgIpc) is 2.99. The lowest BCUT2D eigenvalue weighted by Crippen LogP contribution is -2.47. The monoisotopic (exact) mass is 514 g/mol. The number of piperazine rings is 1. The highest BCUT2D eigenvalue weighted by atomic mass is 79.9. The smallest absolute Gasteiger partial charge is 0.258 e. The maximum atomic E-state index is 13.5. The van der Waals surface area contributed by atoms with Crippen LogP contribution in [0.2, 0.25) is 0 Å². The van der Waals surface area contributed by atoms with Gasteiger partial charge in [-0.3, -0.25) is 9.69 Å². The van der Waals surface area contributed by atoms with Crippen molar-refractivity contribution in [3.05, 3.63) is 52.5 Å². The molecular formula is C26H35BrN4O2. The molecule has 0 spiro atoms. The molecule has 0 saturated carbocycles. The quantitative estimate of drug-likeness (QED) is 0.579. The van der Waals surface area contributed by atoms with Crippen LogP contribution in [0.5, 0.6) is 5.75 Å². The minimum absolute atomic E-state index is 0.00254. The molecule has 2 aromatic rings. The number of amides is 1. The number of hydrogen-bond acceptors (Lipinski definition) is 5. The van der Waals surface area contributed by atoms with Crippen molar-refractivity contribution >= 4 is 33.2 Å². The summed E-state index contributed by atoms with van der Waals surface area (Å²) in [5.74, 6) is 0.725. The van der Waals surface area contributed by atoms with Gasteiger partial charge in [-0.05, 0) is 72.6 Å². The Morgan fingerprint density at radius 2 is 1.79 bits per heavy atom. The van der Waals surface area contributed by atoms with Crippen molar-refractivity contribution in [2.45, 2.75) is 32.7 Å². The van der Waals surface area contributed by atoms with E-state index in [2.05, 4.69) is 44.9 Å². The second-order valence-electron chi connectivity index (χ2n) is 8.98. The van der Waals surface area contributed by atoms with E-state index in [-0.39, 0.29) is 5.91 Å². The zero-order valence-electron chi connectivity index (χ0n) is 19.7. The van der Waals surface area contributed by atoms with Crippen molar-refractivity contribution in [2.24, 2.45) is 0 Å². The van der Waals surface area contributed by atoms with E-state index >= 15 is 0 Å². The van der Waals surface area contributed by atoms with Crippen molar-refractivity contribution in [1.29, 1.82) is 0 Å². The van der Waals surface area contributed by atoms with E-state index < -0.39 is 0 Å². The van der Waals surface area contributed by atoms with Crippen molar-refractivity contribution in [3.63, 3.8) is 0 Å². The van der Waals surface area contributed by atoms with Crippen LogP contribution in [-0.4, -0.2) is 74.2 Å². The van der Waals surface area contributed by atoms with Gasteiger partial charge in [-0.1, -0.05) is 19.1 Å². The van der Waals surface area contributed by atoms with Crippen LogP contribution in [0.4, 0.5) is 11.4 Å². The maximum absolute atomic E-state index is 13.5. The fraction of sp³-hybridized carbons (Fsp3) is 0.500. The Morgan fingerprint density at radius 3 is 2.55 bits per heavy atom. The molecule has 1 atom stereocenters. The topological polar surface area (TPSA) is 48.1 Å². The van der Waals surface area contributed by atoms with Gasteiger partial charge in [0.05, 0.1) is 15.8 Å². The summed E-state index contributed by atoms with van der Waals surface area (Å²) >= 11 is 3.59. The molecule has 0 aromatic heterocycles. The average molecular weight is 515 g/mol. The highest BCUT2D eigenvalue weighted by Crippen LogP contribution is 2.32. The molecule has 33 heavy (non-hydrogen) atoms. The number of carbonyl (C=O) groups excluding carboxylic acids is 1. The van der Waals surface area contributed by atoms with E-state index in [0.29, 0.717) is 24.8 Å². The number of rotatable bonds is 7. The molecule has 2 aliphatic rings. The number of nitrogens with zero attached hydrogens (tertiary/aromatic N) is 3. The second kappa shape index (κ2) is 11.4. The summed E-state index contributed by atoms with van der Waals surface area (Å²) in [7, 11) is 0. The molecule has 0 radical (unpaired) electrons. The molecule has 0 aliphatic carbocycles. The first-order chi connectivity index (χ1) is 16.0. The van der Waals surface area contributed by atoms with Crippen molar-refractivity contribution < 1.29 is 9.53 Å². The van der Waals surface area contributed by atoms with E-state index in [0.717, 1.165) is 60.7 Å². The summed E-state index contributed by atoms with van der Waals surface area (Å²) in [5, 5.41) is 3.51. The van der Waals surface area contributed by atoms with E-state index in [9.17, 15) is 4.79 Å². The minimum Gasteiger partial charge on any atom is -0.491 e. The van der Waals surface area contributed by atoms with Gasteiger partial charge in [0.1, 0.15) is 12.4 Å². The van der Waals surface area contributed by atoms with E-state index in [1.807, 2.05) is 47.4 Å². The minimum atomic E-state index is 0.00254. The van der Waals surface area contributed by atoms with Crippen LogP contribution >= 0.6 is 15.9 Å². The predicted molar refractivity (Wildman–Crippen MR) is 139 cm³/mol. The first-order valence-electron chi connectivity index (χ1n) is 12.1. The highest BCUT2D eigenvalue weighted by Gasteiger charge is 2.25. The van der Waals surface area contributed by atoms with Crippen LogP contribution < -0.4 is 15.0 Å². The molecule has 2 aromatic carbocycles. The molecule has 2 aliphatic heterocycles. The van der Waals surface area contributed by atoms with Crippen molar-refractivity contribution in [1.82, 2.24) is 9.80 Å². The van der Waals surface area contributed by atoms with E-state index in [1.54, 1.807) is 0 Å². The molecule has 0 bridgehead atoms. The number of carbonyl (C=O) groups is 1. The third-order valence-electron chi connectivity index (χ3n) is 6.48. The van der Waals surface area contributed by atoms with E-state index in [1.165, 1.54) is 13.0 Å². The normalized spacial score (nSPS) is 19.5. The lowest BCUT2D eigenvalue weighted by Gasteiger charge is -2.34. The van der Waals surface area contributed by atoms with Crippen LogP contribution in [0.25, 0.3) is 0 Å². The van der Waals surface area contributed by atoms with Gasteiger partial charge in [-0.2, -0.15) is 0 Å². The number of fused-ring (bicyclic) bond motifs is 1. The second-order valence-corrected chi connectivity index (χ2v) is 9.84. The Labute approximate surface area is 206 Å². The predicted octanol–water partition coefficient (Wildman–Crippen LogP) is 4.71. The zero-order chi connectivity index (χ0) is 23.2. The maximum Gasteiger partial charge on any atom is 0.258 e. The first-order valence-corrected chi connectivity index (χ1v) is 12.9. The summed E-state index contributed by atoms with van der Waals surface area (Å²) in [6.07, 6.45) is 2.11. The van der Waals surface area contributed by atoms with Gasteiger partial charge in [-0.25, -0.2) is 0 Å². The van der Waals surface area contributed by atoms with Gasteiger partial charge >= 0.3 is 0 Å². The third kappa shape index (κ3) is 6.08. The molecule has 4 rings (SSSR count). The Morgan fingerprint density at radius 1 is 1.06 bits per heavy atom. The fourth-order valence-electron chi connectivity index (χ4n) is 4.56. The summed E-state index contributed by atoms with van der Waals surface area (Å²) in [4.78, 5) is 20.4. The molecule has 6 nitrogen and oxygen atoms in total. The van der Waals surface area contributed by atoms with Gasteiger partial charge in [0.15, 0.2) is 0 Å². The van der Waals surface area contributed by atoms with Gasteiger partial charge < -0.3 is 19.9 Å². The number of nitrogens with one attached hydrogen (secondary N) is 1. The van der Waals surface area contributed by atoms with E-state index in [4.69, 9.17) is 4.74 Å². The number of para-hydroxylation sites is 2.